The number of carboxylic acids is 1. The first-order valence-electron chi connectivity index (χ1n) is 11.8. The number of hydrogen-bond acceptors (Lipinski definition) is 6. The van der Waals surface area contributed by atoms with Gasteiger partial charge in [0.15, 0.2) is 0 Å². The summed E-state index contributed by atoms with van der Waals surface area (Å²) < 4.78 is 0. The van der Waals surface area contributed by atoms with Gasteiger partial charge in [0, 0.05) is 29.3 Å². The van der Waals surface area contributed by atoms with Gasteiger partial charge in [0.1, 0.15) is 18.1 Å². The van der Waals surface area contributed by atoms with Crippen molar-refractivity contribution in [1.82, 2.24) is 20.9 Å². The molecule has 0 aliphatic heterocycles. The number of carboxylic acid groups (broad SMARTS) is 1. The second-order valence-corrected chi connectivity index (χ2v) is 9.10. The molecule has 3 aromatic rings. The molecule has 3 amide bonds. The van der Waals surface area contributed by atoms with Crippen LogP contribution in [0.5, 0.6) is 0 Å². The molecule has 4 unspecified atom stereocenters. The molecule has 0 saturated carbocycles. The molecule has 1 aromatic heterocycles. The van der Waals surface area contributed by atoms with Gasteiger partial charge in [0.25, 0.3) is 0 Å². The highest BCUT2D eigenvalue weighted by molar-refractivity contribution is 7.80. The molecule has 0 aliphatic rings. The first-order chi connectivity index (χ1) is 17.7. The van der Waals surface area contributed by atoms with Crippen LogP contribution in [-0.2, 0) is 32.0 Å². The molecule has 3 rings (SSSR count). The number of nitrogens with two attached hydrogens (primary N) is 1. The van der Waals surface area contributed by atoms with Gasteiger partial charge in [-0.2, -0.15) is 12.6 Å². The van der Waals surface area contributed by atoms with E-state index in [0.717, 1.165) is 22.0 Å². The normalized spacial score (nSPS) is 14.2. The number of aromatic amines is 1. The molecule has 0 bridgehead atoms. The molecule has 11 heteroatoms. The zero-order chi connectivity index (χ0) is 26.9. The average molecular weight is 526 g/mol. The Labute approximate surface area is 219 Å². The largest absolute Gasteiger partial charge is 0.480 e. The summed E-state index contributed by atoms with van der Waals surface area (Å²) in [5.74, 6) is -3.15. The number of aromatic nitrogens is 1. The number of carbonyl (C=O) groups excluding carboxylic acids is 3. The van der Waals surface area contributed by atoms with Crippen molar-refractivity contribution in [2.75, 3.05) is 5.75 Å². The topological polar surface area (TPSA) is 166 Å². The SMILES string of the molecule is CC(NC(=O)C(N)Cc1c[nH]c2ccccc12)C(=O)NC(Cc1ccccc1)C(=O)NC(CS)C(=O)O. The molecule has 0 fully saturated rings. The Hall–Kier alpha value is -3.83. The molecule has 4 atom stereocenters. The van der Waals surface area contributed by atoms with E-state index in [4.69, 9.17) is 5.73 Å². The summed E-state index contributed by atoms with van der Waals surface area (Å²) in [6.07, 6.45) is 2.19. The number of carbonyl (C=O) groups is 4. The van der Waals surface area contributed by atoms with Crippen LogP contribution in [0.4, 0.5) is 0 Å². The van der Waals surface area contributed by atoms with Crippen LogP contribution < -0.4 is 21.7 Å². The third-order valence-corrected chi connectivity index (χ3v) is 6.28. The minimum atomic E-state index is -1.24. The van der Waals surface area contributed by atoms with Gasteiger partial charge in [-0.3, -0.25) is 14.4 Å². The summed E-state index contributed by atoms with van der Waals surface area (Å²) in [4.78, 5) is 52.9. The third kappa shape index (κ3) is 7.58. The van der Waals surface area contributed by atoms with Gasteiger partial charge in [-0.25, -0.2) is 4.79 Å². The van der Waals surface area contributed by atoms with E-state index < -0.39 is 47.9 Å². The number of hydrogen-bond donors (Lipinski definition) is 7. The Morgan fingerprint density at radius 2 is 1.54 bits per heavy atom. The van der Waals surface area contributed by atoms with Crippen molar-refractivity contribution in [3.63, 3.8) is 0 Å². The predicted octanol–water partition coefficient (Wildman–Crippen LogP) is 0.769. The maximum Gasteiger partial charge on any atom is 0.327 e. The van der Waals surface area contributed by atoms with Crippen LogP contribution in [0.1, 0.15) is 18.1 Å². The van der Waals surface area contributed by atoms with Gasteiger partial charge in [-0.05, 0) is 30.5 Å². The van der Waals surface area contributed by atoms with Gasteiger partial charge in [0.05, 0.1) is 6.04 Å². The van der Waals surface area contributed by atoms with Gasteiger partial charge in [-0.1, -0.05) is 48.5 Å². The number of H-pyrrole nitrogens is 1. The second kappa shape index (κ2) is 12.9. The van der Waals surface area contributed by atoms with Crippen LogP contribution >= 0.6 is 12.6 Å². The summed E-state index contributed by atoms with van der Waals surface area (Å²) in [6, 6.07) is 12.4. The zero-order valence-corrected chi connectivity index (χ0v) is 21.2. The number of nitrogens with one attached hydrogen (secondary N) is 4. The second-order valence-electron chi connectivity index (χ2n) is 8.73. The van der Waals surface area contributed by atoms with Crippen molar-refractivity contribution in [2.45, 2.75) is 43.9 Å². The van der Waals surface area contributed by atoms with E-state index in [0.29, 0.717) is 0 Å². The van der Waals surface area contributed by atoms with Crippen LogP contribution in [0.15, 0.2) is 60.8 Å². The first-order valence-corrected chi connectivity index (χ1v) is 12.4. The van der Waals surface area contributed by atoms with E-state index in [2.05, 4.69) is 33.6 Å². The molecular formula is C26H31N5O5S. The van der Waals surface area contributed by atoms with E-state index in [1.807, 2.05) is 30.3 Å². The highest BCUT2D eigenvalue weighted by Gasteiger charge is 2.28. The van der Waals surface area contributed by atoms with Gasteiger partial charge < -0.3 is 31.8 Å². The average Bonchev–Trinajstić information content (AvgIpc) is 3.29. The quantitative estimate of drug-likeness (QED) is 0.173. The van der Waals surface area contributed by atoms with Gasteiger partial charge in [0.2, 0.25) is 17.7 Å². The number of amides is 3. The summed E-state index contributed by atoms with van der Waals surface area (Å²) >= 11 is 3.96. The number of thiol groups is 1. The summed E-state index contributed by atoms with van der Waals surface area (Å²) in [5.41, 5.74) is 8.69. The molecule has 0 spiro atoms. The minimum absolute atomic E-state index is 0.117. The van der Waals surface area contributed by atoms with Crippen molar-refractivity contribution < 1.29 is 24.3 Å². The van der Waals surface area contributed by atoms with Crippen molar-refractivity contribution in [3.8, 4) is 0 Å². The smallest absolute Gasteiger partial charge is 0.327 e. The van der Waals surface area contributed by atoms with Crippen LogP contribution in [0, 0.1) is 0 Å². The molecule has 0 aliphatic carbocycles. The standard InChI is InChI=1S/C26H31N5O5S/c1-15(29-24(33)19(27)12-17-13-28-20-10-6-5-9-18(17)20)23(32)30-21(11-16-7-3-2-4-8-16)25(34)31-22(14-37)26(35)36/h2-10,13,15,19,21-22,28,37H,11-12,14,27H2,1H3,(H,29,33)(H,30,32)(H,31,34)(H,35,36). The fourth-order valence-electron chi connectivity index (χ4n) is 3.83. The van der Waals surface area contributed by atoms with Gasteiger partial charge in [-0.15, -0.1) is 0 Å². The lowest BCUT2D eigenvalue weighted by Crippen LogP contribution is -2.57. The van der Waals surface area contributed by atoms with Crippen LogP contribution in [0.25, 0.3) is 10.9 Å². The number of aliphatic carboxylic acids is 1. The fourth-order valence-corrected chi connectivity index (χ4v) is 4.08. The summed E-state index contributed by atoms with van der Waals surface area (Å²) in [7, 11) is 0. The minimum Gasteiger partial charge on any atom is -0.480 e. The Morgan fingerprint density at radius 3 is 2.22 bits per heavy atom. The maximum atomic E-state index is 12.9. The van der Waals surface area contributed by atoms with E-state index in [-0.39, 0.29) is 18.6 Å². The Morgan fingerprint density at radius 1 is 0.892 bits per heavy atom. The highest BCUT2D eigenvalue weighted by Crippen LogP contribution is 2.18. The monoisotopic (exact) mass is 525 g/mol. The van der Waals surface area contributed by atoms with Crippen LogP contribution in [0.2, 0.25) is 0 Å². The van der Waals surface area contributed by atoms with E-state index in [1.165, 1.54) is 6.92 Å². The number of rotatable bonds is 12. The molecule has 10 nitrogen and oxygen atoms in total. The number of fused-ring (bicyclic) bond motifs is 1. The molecule has 2 aromatic carbocycles. The summed E-state index contributed by atoms with van der Waals surface area (Å²) in [6.45, 7) is 1.48. The lowest BCUT2D eigenvalue weighted by Gasteiger charge is -2.23. The Bertz CT molecular complexity index is 1250. The molecule has 37 heavy (non-hydrogen) atoms. The third-order valence-electron chi connectivity index (χ3n) is 5.92. The molecule has 0 saturated heterocycles. The van der Waals surface area contributed by atoms with Crippen LogP contribution in [0.3, 0.4) is 0 Å². The molecule has 196 valence electrons. The van der Waals surface area contributed by atoms with E-state index >= 15 is 0 Å². The molecule has 1 heterocycles. The maximum absolute atomic E-state index is 12.9. The van der Waals surface area contributed by atoms with Crippen molar-refractivity contribution in [1.29, 1.82) is 0 Å². The highest BCUT2D eigenvalue weighted by atomic mass is 32.1. The lowest BCUT2D eigenvalue weighted by atomic mass is 10.0. The Kier molecular flexibility index (Phi) is 9.70. The van der Waals surface area contributed by atoms with Gasteiger partial charge >= 0.3 is 5.97 Å². The number of para-hydroxylation sites is 1. The Balaban J connectivity index is 1.63. The fraction of sp³-hybridized carbons (Fsp3) is 0.308. The first kappa shape index (κ1) is 27.8. The van der Waals surface area contributed by atoms with Crippen LogP contribution in [-0.4, -0.2) is 63.7 Å². The molecule has 0 radical (unpaired) electrons. The predicted molar refractivity (Wildman–Crippen MR) is 143 cm³/mol. The molecule has 7 N–H and O–H groups in total. The van der Waals surface area contributed by atoms with Crippen molar-refractivity contribution in [2.24, 2.45) is 5.73 Å². The zero-order valence-electron chi connectivity index (χ0n) is 20.3. The van der Waals surface area contributed by atoms with Crippen molar-refractivity contribution in [3.05, 3.63) is 71.9 Å². The molecular weight excluding hydrogens is 494 g/mol. The number of benzene rings is 2. The lowest BCUT2D eigenvalue weighted by molar-refractivity contribution is -0.141. The van der Waals surface area contributed by atoms with E-state index in [1.54, 1.807) is 30.5 Å². The van der Waals surface area contributed by atoms with E-state index in [9.17, 15) is 24.3 Å². The van der Waals surface area contributed by atoms with Crippen molar-refractivity contribution >= 4 is 47.2 Å². The summed E-state index contributed by atoms with van der Waals surface area (Å²) in [5, 5.41) is 17.8.